The lowest BCUT2D eigenvalue weighted by Gasteiger charge is -2.35. The molecule has 10 heteroatoms. The van der Waals surface area contributed by atoms with Crippen LogP contribution in [0.4, 0.5) is 4.39 Å². The molecule has 0 aromatic heterocycles. The fourth-order valence-corrected chi connectivity index (χ4v) is 5.12. The van der Waals surface area contributed by atoms with Crippen LogP contribution in [-0.2, 0) is 14.8 Å². The van der Waals surface area contributed by atoms with Crippen molar-refractivity contribution in [3.8, 4) is 0 Å². The first-order chi connectivity index (χ1) is 15.1. The molecule has 1 saturated heterocycles. The Hall–Kier alpha value is -2.49. The maximum Gasteiger partial charge on any atom is 0.255 e. The van der Waals surface area contributed by atoms with Crippen LogP contribution in [0.25, 0.3) is 0 Å². The summed E-state index contributed by atoms with van der Waals surface area (Å²) in [6.07, 6.45) is 0.0157. The van der Waals surface area contributed by atoms with Gasteiger partial charge in [-0.25, -0.2) is 17.5 Å². The van der Waals surface area contributed by atoms with E-state index in [1.807, 2.05) is 13.0 Å². The van der Waals surface area contributed by atoms with E-state index >= 15 is 0 Å². The summed E-state index contributed by atoms with van der Waals surface area (Å²) in [7, 11) is -3.71. The lowest BCUT2D eigenvalue weighted by Crippen LogP contribution is -2.51. The van der Waals surface area contributed by atoms with E-state index in [1.165, 1.54) is 12.1 Å². The van der Waals surface area contributed by atoms with Gasteiger partial charge in [0.05, 0.1) is 15.5 Å². The predicted octanol–water partition coefficient (Wildman–Crippen LogP) is 2.75. The van der Waals surface area contributed by atoms with Crippen molar-refractivity contribution in [3.63, 3.8) is 0 Å². The normalized spacial score (nSPS) is 14.5. The van der Waals surface area contributed by atoms with Crippen LogP contribution in [0.15, 0.2) is 41.3 Å². The minimum atomic E-state index is -3.71. The fourth-order valence-electron chi connectivity index (χ4n) is 3.52. The molecule has 0 radical (unpaired) electrons. The first-order valence-electron chi connectivity index (χ1n) is 10.2. The molecule has 2 aromatic carbocycles. The molecule has 32 heavy (non-hydrogen) atoms. The maximum absolute atomic E-state index is 13.2. The molecule has 7 nitrogen and oxygen atoms in total. The molecule has 1 aliphatic heterocycles. The van der Waals surface area contributed by atoms with E-state index in [4.69, 9.17) is 11.6 Å². The molecule has 0 spiro atoms. The molecular formula is C22H25ClFN3O4S. The smallest absolute Gasteiger partial charge is 0.255 e. The fraction of sp³-hybridized carbons (Fsp3) is 0.364. The largest absolute Gasteiger partial charge is 0.339 e. The Kier molecular flexibility index (Phi) is 7.53. The lowest BCUT2D eigenvalue weighted by atomic mass is 10.1. The highest BCUT2D eigenvalue weighted by atomic mass is 35.5. The van der Waals surface area contributed by atoms with Crippen molar-refractivity contribution >= 4 is 33.4 Å². The summed E-state index contributed by atoms with van der Waals surface area (Å²) < 4.78 is 40.8. The third-order valence-corrected chi connectivity index (χ3v) is 7.26. The van der Waals surface area contributed by atoms with Crippen LogP contribution >= 0.6 is 11.6 Å². The zero-order valence-electron chi connectivity index (χ0n) is 17.9. The van der Waals surface area contributed by atoms with Crippen LogP contribution < -0.4 is 4.72 Å². The molecule has 0 bridgehead atoms. The zero-order valence-corrected chi connectivity index (χ0v) is 19.5. The number of nitrogens with zero attached hydrogens (tertiary/aromatic N) is 2. The van der Waals surface area contributed by atoms with Crippen LogP contribution in [0.2, 0.25) is 5.02 Å². The first kappa shape index (κ1) is 24.2. The highest BCUT2D eigenvalue weighted by molar-refractivity contribution is 7.89. The molecule has 0 atom stereocenters. The van der Waals surface area contributed by atoms with E-state index in [1.54, 1.807) is 28.9 Å². The lowest BCUT2D eigenvalue weighted by molar-refractivity contribution is -0.132. The maximum atomic E-state index is 13.2. The van der Waals surface area contributed by atoms with Crippen molar-refractivity contribution in [1.82, 2.24) is 14.5 Å². The highest BCUT2D eigenvalue weighted by Gasteiger charge is 2.26. The second-order valence-corrected chi connectivity index (χ2v) is 9.86. The SMILES string of the molecule is Cc1ccc(C)c(S(=O)(=O)NCCC(=O)N2CCN(C(=O)c3ccc(F)cc3Cl)CC2)c1. The Balaban J connectivity index is 1.50. The number of aryl methyl sites for hydroxylation is 2. The van der Waals surface area contributed by atoms with E-state index in [0.29, 0.717) is 31.7 Å². The zero-order chi connectivity index (χ0) is 23.5. The molecule has 172 valence electrons. The Morgan fingerprint density at radius 2 is 1.69 bits per heavy atom. The van der Waals surface area contributed by atoms with E-state index in [0.717, 1.165) is 11.6 Å². The third-order valence-electron chi connectivity index (χ3n) is 5.35. The summed E-state index contributed by atoms with van der Waals surface area (Å²) >= 11 is 5.97. The van der Waals surface area contributed by atoms with Gasteiger partial charge < -0.3 is 9.80 Å². The Labute approximate surface area is 192 Å². The van der Waals surface area contributed by atoms with E-state index in [-0.39, 0.29) is 40.3 Å². The highest BCUT2D eigenvalue weighted by Crippen LogP contribution is 2.20. The standard InChI is InChI=1S/C22H25ClFN3O4S/c1-15-3-4-16(2)20(13-15)32(30,31)25-8-7-21(28)26-9-11-27(12-10-26)22(29)18-6-5-17(24)14-19(18)23/h3-6,13-14,25H,7-12H2,1-2H3. The van der Waals surface area contributed by atoms with Crippen LogP contribution in [0, 0.1) is 19.7 Å². The van der Waals surface area contributed by atoms with Gasteiger partial charge >= 0.3 is 0 Å². The van der Waals surface area contributed by atoms with Gasteiger partial charge in [-0.1, -0.05) is 23.7 Å². The van der Waals surface area contributed by atoms with Crippen molar-refractivity contribution in [2.75, 3.05) is 32.7 Å². The van der Waals surface area contributed by atoms with Gasteiger partial charge in [-0.05, 0) is 49.2 Å². The minimum Gasteiger partial charge on any atom is -0.339 e. The molecule has 1 heterocycles. The number of amides is 2. The monoisotopic (exact) mass is 481 g/mol. The number of rotatable bonds is 6. The van der Waals surface area contributed by atoms with E-state index in [2.05, 4.69) is 4.72 Å². The van der Waals surface area contributed by atoms with Gasteiger partial charge in [0.2, 0.25) is 15.9 Å². The second-order valence-electron chi connectivity index (χ2n) is 7.71. The number of carbonyl (C=O) groups is 2. The topological polar surface area (TPSA) is 86.8 Å². The van der Waals surface area contributed by atoms with Crippen LogP contribution in [0.1, 0.15) is 27.9 Å². The Morgan fingerprint density at radius 3 is 2.34 bits per heavy atom. The van der Waals surface area contributed by atoms with Crippen molar-refractivity contribution in [3.05, 3.63) is 63.9 Å². The van der Waals surface area contributed by atoms with Crippen LogP contribution in [-0.4, -0.2) is 62.8 Å². The predicted molar refractivity (Wildman–Crippen MR) is 120 cm³/mol. The van der Waals surface area contributed by atoms with Gasteiger partial charge in [0.1, 0.15) is 5.82 Å². The Bertz CT molecular complexity index is 1130. The van der Waals surface area contributed by atoms with E-state index in [9.17, 15) is 22.4 Å². The molecule has 1 fully saturated rings. The van der Waals surface area contributed by atoms with Crippen molar-refractivity contribution in [1.29, 1.82) is 0 Å². The number of hydrogen-bond donors (Lipinski definition) is 1. The summed E-state index contributed by atoms with van der Waals surface area (Å²) in [6, 6.07) is 8.80. The van der Waals surface area contributed by atoms with Gasteiger partial charge in [-0.15, -0.1) is 0 Å². The van der Waals surface area contributed by atoms with Gasteiger partial charge in [0.25, 0.3) is 5.91 Å². The van der Waals surface area contributed by atoms with Gasteiger partial charge in [0.15, 0.2) is 0 Å². The third kappa shape index (κ3) is 5.65. The number of hydrogen-bond acceptors (Lipinski definition) is 4. The van der Waals surface area contributed by atoms with Gasteiger partial charge in [-0.2, -0.15) is 0 Å². The molecule has 0 unspecified atom stereocenters. The van der Waals surface area contributed by atoms with Crippen molar-refractivity contribution < 1.29 is 22.4 Å². The number of halogens is 2. The van der Waals surface area contributed by atoms with Crippen molar-refractivity contribution in [2.45, 2.75) is 25.2 Å². The molecular weight excluding hydrogens is 457 g/mol. The summed E-state index contributed by atoms with van der Waals surface area (Å²) in [6.45, 7) is 4.80. The number of carbonyl (C=O) groups excluding carboxylic acids is 2. The number of sulfonamides is 1. The second kappa shape index (κ2) is 9.97. The average molecular weight is 482 g/mol. The van der Waals surface area contributed by atoms with Gasteiger partial charge in [0, 0.05) is 39.1 Å². The first-order valence-corrected chi connectivity index (χ1v) is 12.0. The van der Waals surface area contributed by atoms with Crippen LogP contribution in [0.3, 0.4) is 0 Å². The average Bonchev–Trinajstić information content (AvgIpc) is 2.75. The minimum absolute atomic E-state index is 0.0150. The van der Waals surface area contributed by atoms with Gasteiger partial charge in [-0.3, -0.25) is 9.59 Å². The quantitative estimate of drug-likeness (QED) is 0.687. The molecule has 2 amide bonds. The summed E-state index contributed by atoms with van der Waals surface area (Å²) in [5.41, 5.74) is 1.69. The van der Waals surface area contributed by atoms with Crippen LogP contribution in [0.5, 0.6) is 0 Å². The molecule has 0 saturated carbocycles. The number of piperazine rings is 1. The molecule has 1 aliphatic rings. The number of benzene rings is 2. The summed E-state index contributed by atoms with van der Waals surface area (Å²) in [5.74, 6) is -1.03. The molecule has 2 aromatic rings. The summed E-state index contributed by atoms with van der Waals surface area (Å²) in [5, 5.41) is 0.0460. The molecule has 3 rings (SSSR count). The molecule has 0 aliphatic carbocycles. The van der Waals surface area contributed by atoms with Crippen molar-refractivity contribution in [2.24, 2.45) is 0 Å². The Morgan fingerprint density at radius 1 is 1.03 bits per heavy atom. The summed E-state index contributed by atoms with van der Waals surface area (Å²) in [4.78, 5) is 28.5. The number of nitrogens with one attached hydrogen (secondary N) is 1. The van der Waals surface area contributed by atoms with E-state index < -0.39 is 15.8 Å². The molecule has 1 N–H and O–H groups in total.